The van der Waals surface area contributed by atoms with Crippen molar-refractivity contribution in [3.8, 4) is 23.3 Å². The number of hydrogen-bond acceptors (Lipinski definition) is 5. The Bertz CT molecular complexity index is 789. The topological polar surface area (TPSA) is 66.1 Å². The number of benzene rings is 2. The number of aromatic hydroxyl groups is 1. The van der Waals surface area contributed by atoms with E-state index in [0.29, 0.717) is 16.5 Å². The molecule has 0 amide bonds. The van der Waals surface area contributed by atoms with Crippen LogP contribution in [0.2, 0.25) is 0 Å². The number of nitrogens with zero attached hydrogens (tertiary/aromatic N) is 2. The van der Waals surface area contributed by atoms with Gasteiger partial charge in [0.1, 0.15) is 11.8 Å². The molecule has 0 fully saturated rings. The Morgan fingerprint density at radius 3 is 2.84 bits per heavy atom. The summed E-state index contributed by atoms with van der Waals surface area (Å²) in [4.78, 5) is 4.15. The molecule has 92 valence electrons. The number of hydrogen-bond donors (Lipinski definition) is 1. The fourth-order valence-electron chi connectivity index (χ4n) is 1.69. The minimum absolute atomic E-state index is 0.0876. The quantitative estimate of drug-likeness (QED) is 0.770. The predicted molar refractivity (Wildman–Crippen MR) is 72.5 cm³/mol. The summed E-state index contributed by atoms with van der Waals surface area (Å²) < 4.78 is 6.49. The van der Waals surface area contributed by atoms with Crippen LogP contribution in [0.25, 0.3) is 10.2 Å². The van der Waals surface area contributed by atoms with Crippen LogP contribution in [0.4, 0.5) is 0 Å². The molecule has 0 unspecified atom stereocenters. The summed E-state index contributed by atoms with van der Waals surface area (Å²) in [6, 6.07) is 14.1. The van der Waals surface area contributed by atoms with Gasteiger partial charge in [-0.1, -0.05) is 12.1 Å². The lowest BCUT2D eigenvalue weighted by Gasteiger charge is -2.06. The summed E-state index contributed by atoms with van der Waals surface area (Å²) in [5, 5.41) is 18.9. The van der Waals surface area contributed by atoms with Crippen molar-refractivity contribution in [1.29, 1.82) is 5.26 Å². The van der Waals surface area contributed by atoms with Gasteiger partial charge >= 0.3 is 0 Å². The van der Waals surface area contributed by atoms with Gasteiger partial charge in [0.25, 0.3) is 0 Å². The third-order valence-electron chi connectivity index (χ3n) is 2.55. The number of rotatable bonds is 2. The summed E-state index contributed by atoms with van der Waals surface area (Å²) >= 11 is 1.31. The fourth-order valence-corrected chi connectivity index (χ4v) is 2.48. The maximum absolute atomic E-state index is 9.65. The minimum atomic E-state index is 0.0876. The number of ether oxygens (including phenoxy) is 1. The third kappa shape index (κ3) is 2.21. The number of aromatic nitrogens is 1. The van der Waals surface area contributed by atoms with Crippen molar-refractivity contribution in [2.75, 3.05) is 0 Å². The van der Waals surface area contributed by atoms with Crippen LogP contribution in [0.3, 0.4) is 0 Å². The zero-order valence-electron chi connectivity index (χ0n) is 9.70. The van der Waals surface area contributed by atoms with E-state index in [1.807, 2.05) is 6.07 Å². The van der Waals surface area contributed by atoms with Gasteiger partial charge in [0.15, 0.2) is 16.5 Å². The maximum Gasteiger partial charge on any atom is 0.195 e. The Hall–Kier alpha value is -2.58. The number of para-hydroxylation sites is 2. The van der Waals surface area contributed by atoms with Crippen molar-refractivity contribution in [3.05, 3.63) is 47.5 Å². The number of phenols is 1. The second-order valence-electron chi connectivity index (χ2n) is 3.83. The molecule has 0 aliphatic heterocycles. The van der Waals surface area contributed by atoms with E-state index in [9.17, 15) is 5.11 Å². The van der Waals surface area contributed by atoms with Gasteiger partial charge < -0.3 is 9.84 Å². The van der Waals surface area contributed by atoms with Crippen LogP contribution in [0, 0.1) is 11.3 Å². The normalized spacial score (nSPS) is 10.3. The molecule has 0 saturated carbocycles. The van der Waals surface area contributed by atoms with E-state index >= 15 is 0 Å². The molecule has 0 bridgehead atoms. The highest BCUT2D eigenvalue weighted by molar-refractivity contribution is 7.19. The van der Waals surface area contributed by atoms with E-state index < -0.39 is 0 Å². The van der Waals surface area contributed by atoms with Crippen molar-refractivity contribution in [3.63, 3.8) is 0 Å². The molecule has 3 aromatic rings. The molecule has 1 N–H and O–H groups in total. The summed E-state index contributed by atoms with van der Waals surface area (Å²) in [5.74, 6) is 1.08. The molecule has 1 aromatic heterocycles. The largest absolute Gasteiger partial charge is 0.504 e. The van der Waals surface area contributed by atoms with Gasteiger partial charge in [-0.25, -0.2) is 4.98 Å². The van der Waals surface area contributed by atoms with Crippen LogP contribution in [-0.2, 0) is 0 Å². The molecule has 19 heavy (non-hydrogen) atoms. The zero-order chi connectivity index (χ0) is 13.2. The van der Waals surface area contributed by atoms with Gasteiger partial charge in [0, 0.05) is 6.07 Å². The van der Waals surface area contributed by atoms with Crippen LogP contribution in [-0.4, -0.2) is 10.1 Å². The molecular formula is C14H8N2O2S. The number of phenolic OH excluding ortho intramolecular Hbond substituents is 1. The third-order valence-corrected chi connectivity index (χ3v) is 3.47. The lowest BCUT2D eigenvalue weighted by Crippen LogP contribution is -1.84. The average molecular weight is 268 g/mol. The minimum Gasteiger partial charge on any atom is -0.504 e. The predicted octanol–water partition coefficient (Wildman–Crippen LogP) is 3.67. The van der Waals surface area contributed by atoms with Gasteiger partial charge in [-0.05, 0) is 24.3 Å². The summed E-state index contributed by atoms with van der Waals surface area (Å²) in [6.45, 7) is 0. The van der Waals surface area contributed by atoms with Crippen LogP contribution in [0.15, 0.2) is 42.5 Å². The van der Waals surface area contributed by atoms with E-state index in [0.717, 1.165) is 10.2 Å². The van der Waals surface area contributed by atoms with Gasteiger partial charge in [-0.15, -0.1) is 11.3 Å². The lowest BCUT2D eigenvalue weighted by molar-refractivity contribution is 0.411. The molecule has 5 heteroatoms. The van der Waals surface area contributed by atoms with Gasteiger partial charge in [-0.3, -0.25) is 0 Å². The van der Waals surface area contributed by atoms with Crippen LogP contribution in [0.5, 0.6) is 17.2 Å². The Kier molecular flexibility index (Phi) is 2.78. The first-order valence-corrected chi connectivity index (χ1v) is 6.34. The smallest absolute Gasteiger partial charge is 0.195 e. The first-order chi connectivity index (χ1) is 9.26. The SMILES string of the molecule is N#Cc1nc2ccc(Oc3ccccc3O)cc2s1. The Labute approximate surface area is 113 Å². The van der Waals surface area contributed by atoms with Crippen molar-refractivity contribution >= 4 is 21.6 Å². The van der Waals surface area contributed by atoms with E-state index in [4.69, 9.17) is 10.00 Å². The Morgan fingerprint density at radius 2 is 2.05 bits per heavy atom. The lowest BCUT2D eigenvalue weighted by atomic mass is 10.3. The standard InChI is InChI=1S/C14H8N2O2S/c15-8-14-16-10-6-5-9(7-13(10)19-14)18-12-4-2-1-3-11(12)17/h1-7,17H. The van der Waals surface area contributed by atoms with Crippen molar-refractivity contribution in [1.82, 2.24) is 4.98 Å². The zero-order valence-corrected chi connectivity index (χ0v) is 10.5. The number of nitriles is 1. The molecule has 0 radical (unpaired) electrons. The van der Waals surface area contributed by atoms with Crippen LogP contribution < -0.4 is 4.74 Å². The second kappa shape index (κ2) is 4.59. The van der Waals surface area contributed by atoms with Crippen LogP contribution >= 0.6 is 11.3 Å². The molecule has 0 aliphatic carbocycles. The highest BCUT2D eigenvalue weighted by Gasteiger charge is 2.07. The highest BCUT2D eigenvalue weighted by atomic mass is 32.1. The van der Waals surface area contributed by atoms with Crippen molar-refractivity contribution < 1.29 is 9.84 Å². The monoisotopic (exact) mass is 268 g/mol. The van der Waals surface area contributed by atoms with Crippen LogP contribution in [0.1, 0.15) is 5.01 Å². The van der Waals surface area contributed by atoms with Crippen molar-refractivity contribution in [2.45, 2.75) is 0 Å². The van der Waals surface area contributed by atoms with E-state index in [2.05, 4.69) is 4.98 Å². The van der Waals surface area contributed by atoms with Gasteiger partial charge in [-0.2, -0.15) is 5.26 Å². The summed E-state index contributed by atoms with van der Waals surface area (Å²) in [6.07, 6.45) is 0. The first kappa shape index (κ1) is 11.5. The molecule has 0 spiro atoms. The van der Waals surface area contributed by atoms with Gasteiger partial charge in [0.05, 0.1) is 10.2 Å². The van der Waals surface area contributed by atoms with Crippen molar-refractivity contribution in [2.24, 2.45) is 0 Å². The Balaban J connectivity index is 1.98. The average Bonchev–Trinajstić information content (AvgIpc) is 2.83. The molecule has 0 aliphatic rings. The molecule has 0 atom stereocenters. The molecular weight excluding hydrogens is 260 g/mol. The Morgan fingerprint density at radius 1 is 1.21 bits per heavy atom. The summed E-state index contributed by atoms with van der Waals surface area (Å²) in [7, 11) is 0. The maximum atomic E-state index is 9.65. The highest BCUT2D eigenvalue weighted by Crippen LogP contribution is 2.32. The fraction of sp³-hybridized carbons (Fsp3) is 0. The van der Waals surface area contributed by atoms with Gasteiger partial charge in [0.2, 0.25) is 0 Å². The molecule has 0 saturated heterocycles. The molecule has 4 nitrogen and oxygen atoms in total. The molecule has 2 aromatic carbocycles. The van der Waals surface area contributed by atoms with E-state index in [-0.39, 0.29) is 5.75 Å². The molecule has 3 rings (SSSR count). The number of fused-ring (bicyclic) bond motifs is 1. The van der Waals surface area contributed by atoms with E-state index in [1.165, 1.54) is 11.3 Å². The number of thiazole rings is 1. The second-order valence-corrected chi connectivity index (χ2v) is 4.86. The summed E-state index contributed by atoms with van der Waals surface area (Å²) in [5.41, 5.74) is 0.770. The van der Waals surface area contributed by atoms with E-state index in [1.54, 1.807) is 42.5 Å². The molecule has 1 heterocycles. The first-order valence-electron chi connectivity index (χ1n) is 5.53.